The smallest absolute Gasteiger partial charge is 0.404 e. The summed E-state index contributed by atoms with van der Waals surface area (Å²) in [4.78, 5) is 32.2. The number of nitrogens with zero attached hydrogens (tertiary/aromatic N) is 3. The number of rotatable bonds is 12. The summed E-state index contributed by atoms with van der Waals surface area (Å²) in [5, 5.41) is 33.2. The lowest BCUT2D eigenvalue weighted by Gasteiger charge is -2.30. The fraction of sp³-hybridized carbons (Fsp3) is 0.267. The predicted octanol–water partition coefficient (Wildman–Crippen LogP) is 10.4. The van der Waals surface area contributed by atoms with Crippen molar-refractivity contribution >= 4 is 70.5 Å². The van der Waals surface area contributed by atoms with Gasteiger partial charge in [-0.15, -0.1) is 22.7 Å². The summed E-state index contributed by atoms with van der Waals surface area (Å²) in [5.41, 5.74) is 1.89. The molecule has 0 aliphatic heterocycles. The highest BCUT2D eigenvalue weighted by Crippen LogP contribution is 2.43. The van der Waals surface area contributed by atoms with Crippen LogP contribution in [0.5, 0.6) is 0 Å². The molecule has 2 atom stereocenters. The van der Waals surface area contributed by atoms with Crippen LogP contribution in [0.2, 0.25) is 0 Å². The van der Waals surface area contributed by atoms with E-state index in [0.717, 1.165) is 26.3 Å². The molecule has 4 heterocycles. The van der Waals surface area contributed by atoms with Gasteiger partial charge in [-0.3, -0.25) is 9.97 Å². The maximum absolute atomic E-state index is 13.5. The van der Waals surface area contributed by atoms with Crippen molar-refractivity contribution in [2.45, 2.75) is 84.7 Å². The van der Waals surface area contributed by atoms with Crippen LogP contribution >= 0.6 is 38.6 Å². The molecule has 0 saturated carbocycles. The maximum atomic E-state index is 13.5. The van der Waals surface area contributed by atoms with Crippen LogP contribution in [0.25, 0.3) is 22.3 Å². The number of hydrogen-bond donors (Lipinski definition) is 4. The van der Waals surface area contributed by atoms with E-state index >= 15 is 0 Å². The summed E-state index contributed by atoms with van der Waals surface area (Å²) in [6.07, 6.45) is 4.09. The third-order valence-electron chi connectivity index (χ3n) is 9.87. The molecule has 2 amide bonds. The first-order valence-corrected chi connectivity index (χ1v) is 24.7. The first kappa shape index (κ1) is 48.6. The Hall–Kier alpha value is -5.45. The molecule has 6 aromatic rings. The number of carboxylic acid groups (broad SMARTS) is 2. The zero-order valence-electron chi connectivity index (χ0n) is 35.2. The normalized spacial score (nSPS) is 12.9. The zero-order valence-corrected chi connectivity index (χ0v) is 40.0. The van der Waals surface area contributed by atoms with Crippen molar-refractivity contribution in [3.63, 3.8) is 0 Å². The number of benzene rings is 2. The highest BCUT2D eigenvalue weighted by Gasteiger charge is 2.33. The number of nitriles is 1. The van der Waals surface area contributed by atoms with Crippen LogP contribution in [-0.2, 0) is 32.5 Å². The Morgan fingerprint density at radius 2 is 1.08 bits per heavy atom. The van der Waals surface area contributed by atoms with Crippen LogP contribution in [0, 0.1) is 22.2 Å². The molecule has 6 rings (SSSR count). The standard InChI is InChI=1S/C23H23N3O4S2.C22H23BrN2O4S2/c1-23(2,3)20(26-22(27)28)12-16-11-19(18-9-5-4-7-15(18)13-24)21(31-16)32(29,30)17-8-6-10-25-14-17;1-22(2,3)19(25-21(26)27)12-14-11-17(16-8-4-5-9-18(16)23)20(30-14)31(28,29)15-7-6-10-24-13-15/h4-11,14,20,26H,12H2,1-3H3,(H,27,28);4-11,13,19,25H,12H2,1-3H3,(H,26,27). The van der Waals surface area contributed by atoms with Crippen LogP contribution in [-0.4, -0.2) is 61.3 Å². The largest absolute Gasteiger partial charge is 0.465 e. The van der Waals surface area contributed by atoms with Gasteiger partial charge in [0.2, 0.25) is 19.7 Å². The quantitative estimate of drug-likeness (QED) is 0.0904. The maximum Gasteiger partial charge on any atom is 0.404 e. The summed E-state index contributed by atoms with van der Waals surface area (Å²) >= 11 is 5.78. The van der Waals surface area contributed by atoms with Crippen LogP contribution < -0.4 is 10.6 Å². The van der Waals surface area contributed by atoms with Crippen molar-refractivity contribution in [2.75, 3.05) is 0 Å². The zero-order chi connectivity index (χ0) is 46.3. The minimum atomic E-state index is -3.91. The van der Waals surface area contributed by atoms with E-state index in [1.165, 1.54) is 48.3 Å². The number of hydrogen-bond acceptors (Lipinski definition) is 11. The van der Waals surface area contributed by atoms with Crippen LogP contribution in [0.1, 0.15) is 56.9 Å². The Morgan fingerprint density at radius 3 is 1.46 bits per heavy atom. The van der Waals surface area contributed by atoms with Gasteiger partial charge in [-0.1, -0.05) is 93.9 Å². The van der Waals surface area contributed by atoms with Crippen molar-refractivity contribution in [3.05, 3.63) is 130 Å². The molecule has 2 aromatic carbocycles. The Morgan fingerprint density at radius 1 is 0.667 bits per heavy atom. The fourth-order valence-corrected chi connectivity index (χ4v) is 13.1. The Balaban J connectivity index is 0.000000238. The number of halogens is 1. The Bertz CT molecular complexity index is 2850. The molecule has 13 nitrogen and oxygen atoms in total. The van der Waals surface area contributed by atoms with E-state index in [0.29, 0.717) is 40.0 Å². The molecule has 0 radical (unpaired) electrons. The van der Waals surface area contributed by atoms with Crippen molar-refractivity contribution < 1.29 is 36.6 Å². The predicted molar refractivity (Wildman–Crippen MR) is 248 cm³/mol. The third-order valence-corrected chi connectivity index (χ3v) is 17.4. The van der Waals surface area contributed by atoms with Crippen LogP contribution in [0.15, 0.2) is 132 Å². The highest BCUT2D eigenvalue weighted by atomic mass is 79.9. The summed E-state index contributed by atoms with van der Waals surface area (Å²) in [5.74, 6) is 0. The van der Waals surface area contributed by atoms with Crippen molar-refractivity contribution in [1.29, 1.82) is 5.26 Å². The van der Waals surface area contributed by atoms with Gasteiger partial charge in [0.25, 0.3) is 0 Å². The molecule has 0 aliphatic carbocycles. The molecule has 0 fully saturated rings. The Kier molecular flexibility index (Phi) is 15.4. The minimum absolute atomic E-state index is 0.0557. The lowest BCUT2D eigenvalue weighted by molar-refractivity contribution is 0.173. The van der Waals surface area contributed by atoms with Gasteiger partial charge in [-0.05, 0) is 64.9 Å². The molecule has 330 valence electrons. The van der Waals surface area contributed by atoms with Gasteiger partial charge in [-0.25, -0.2) is 26.4 Å². The average molecular weight is 993 g/mol. The molecule has 0 saturated heterocycles. The first-order valence-electron chi connectivity index (χ1n) is 19.3. The summed E-state index contributed by atoms with van der Waals surface area (Å²) < 4.78 is 55.0. The topological polar surface area (TPSA) is 217 Å². The summed E-state index contributed by atoms with van der Waals surface area (Å²) in [7, 11) is -7.72. The lowest BCUT2D eigenvalue weighted by atomic mass is 9.84. The fourth-order valence-electron chi connectivity index (χ4n) is 6.39. The Labute approximate surface area is 383 Å². The van der Waals surface area contributed by atoms with Gasteiger partial charge >= 0.3 is 12.2 Å². The number of amides is 2. The number of thiophene rings is 2. The lowest BCUT2D eigenvalue weighted by Crippen LogP contribution is -2.44. The minimum Gasteiger partial charge on any atom is -0.465 e. The number of sulfone groups is 2. The number of nitrogens with one attached hydrogen (secondary N) is 2. The van der Waals surface area contributed by atoms with E-state index in [-0.39, 0.29) is 29.7 Å². The molecule has 0 bridgehead atoms. The van der Waals surface area contributed by atoms with Crippen molar-refractivity contribution in [3.8, 4) is 28.3 Å². The summed E-state index contributed by atoms with van der Waals surface area (Å²) in [6.45, 7) is 11.6. The highest BCUT2D eigenvalue weighted by molar-refractivity contribution is 9.10. The summed E-state index contributed by atoms with van der Waals surface area (Å²) in [6, 6.07) is 25.3. The van der Waals surface area contributed by atoms with Gasteiger partial charge in [0.05, 0.1) is 21.4 Å². The molecule has 4 N–H and O–H groups in total. The van der Waals surface area contributed by atoms with E-state index in [1.807, 2.05) is 71.9 Å². The molecule has 0 aliphatic rings. The number of pyridine rings is 2. The van der Waals surface area contributed by atoms with Gasteiger partial charge < -0.3 is 20.8 Å². The molecule has 63 heavy (non-hydrogen) atoms. The first-order chi connectivity index (χ1) is 29.5. The van der Waals surface area contributed by atoms with Crippen LogP contribution in [0.4, 0.5) is 9.59 Å². The van der Waals surface area contributed by atoms with Gasteiger partial charge in [-0.2, -0.15) is 5.26 Å². The molecule has 18 heteroatoms. The van der Waals surface area contributed by atoms with Gasteiger partial charge in [0, 0.05) is 80.6 Å². The van der Waals surface area contributed by atoms with Crippen molar-refractivity contribution in [1.82, 2.24) is 20.6 Å². The van der Waals surface area contributed by atoms with Crippen molar-refractivity contribution in [2.24, 2.45) is 10.8 Å². The molecule has 2 unspecified atom stereocenters. The second-order valence-corrected chi connectivity index (χ2v) is 23.9. The van der Waals surface area contributed by atoms with E-state index in [2.05, 4.69) is 42.6 Å². The second kappa shape index (κ2) is 19.9. The van der Waals surface area contributed by atoms with E-state index in [1.54, 1.807) is 42.5 Å². The second-order valence-electron chi connectivity index (χ2n) is 16.5. The van der Waals surface area contributed by atoms with E-state index in [9.17, 15) is 41.9 Å². The molecule has 4 aromatic heterocycles. The average Bonchev–Trinajstić information content (AvgIpc) is 3.86. The van der Waals surface area contributed by atoms with E-state index in [4.69, 9.17) is 0 Å². The SMILES string of the molecule is CC(C)(C)C(Cc1cc(-c2ccccc2Br)c(S(=O)(=O)c2cccnc2)s1)NC(=O)O.CC(C)(C)C(Cc1cc(-c2ccccc2C#N)c(S(=O)(=O)c2cccnc2)s1)NC(=O)O. The van der Waals surface area contributed by atoms with Crippen LogP contribution in [0.3, 0.4) is 0 Å². The number of carbonyl (C=O) groups is 2. The molecule has 0 spiro atoms. The monoisotopic (exact) mass is 991 g/mol. The third kappa shape index (κ3) is 12.0. The van der Waals surface area contributed by atoms with Gasteiger partial charge in [0.1, 0.15) is 8.42 Å². The number of aromatic nitrogens is 2. The molecular weight excluding hydrogens is 947 g/mol. The van der Waals surface area contributed by atoms with E-state index < -0.39 is 43.3 Å². The van der Waals surface area contributed by atoms with Gasteiger partial charge in [0.15, 0.2) is 0 Å². The molecular formula is C45H46BrN5O8S4.